The van der Waals surface area contributed by atoms with Crippen molar-refractivity contribution in [2.45, 2.75) is 38.2 Å². The number of fused-ring (bicyclic) bond motifs is 1. The highest BCUT2D eigenvalue weighted by molar-refractivity contribution is 7.90. The van der Waals surface area contributed by atoms with E-state index in [0.717, 1.165) is 34.6 Å². The average molecular weight is 670 g/mol. The molecule has 5 rings (SSSR count). The van der Waals surface area contributed by atoms with Gasteiger partial charge in [-0.05, 0) is 74.9 Å². The van der Waals surface area contributed by atoms with Crippen LogP contribution in [0.25, 0.3) is 11.0 Å². The predicted octanol–water partition coefficient (Wildman–Crippen LogP) is 7.19. The fraction of sp³-hybridized carbons (Fsp3) is 0.367. The molecule has 0 radical (unpaired) electrons. The van der Waals surface area contributed by atoms with Crippen molar-refractivity contribution in [3.05, 3.63) is 75.8 Å². The number of hydrogen-bond acceptors (Lipinski definition) is 6. The maximum atomic E-state index is 12.9. The minimum atomic E-state index is -4.36. The summed E-state index contributed by atoms with van der Waals surface area (Å²) in [4.78, 5) is 8.92. The molecule has 0 spiro atoms. The highest BCUT2D eigenvalue weighted by atomic mass is 35.5. The molecule has 1 aliphatic heterocycles. The predicted molar refractivity (Wildman–Crippen MR) is 172 cm³/mol. The highest BCUT2D eigenvalue weighted by Crippen LogP contribution is 2.35. The minimum Gasteiger partial charge on any atom is -0.368 e. The number of nitrogens with zero attached hydrogens (tertiary/aromatic N) is 4. The van der Waals surface area contributed by atoms with E-state index in [2.05, 4.69) is 19.8 Å². The number of alkyl halides is 3. The van der Waals surface area contributed by atoms with E-state index in [1.165, 1.54) is 12.1 Å². The Morgan fingerprint density at radius 1 is 0.886 bits per heavy atom. The molecule has 0 amide bonds. The number of benzene rings is 3. The molecule has 14 heteroatoms. The van der Waals surface area contributed by atoms with Gasteiger partial charge in [-0.25, -0.2) is 18.1 Å². The van der Waals surface area contributed by atoms with Gasteiger partial charge in [0.1, 0.15) is 0 Å². The molecule has 0 atom stereocenters. The number of halogens is 5. The van der Waals surface area contributed by atoms with Crippen molar-refractivity contribution < 1.29 is 21.6 Å². The second kappa shape index (κ2) is 12.0. The second-order valence-electron chi connectivity index (χ2n) is 11.7. The van der Waals surface area contributed by atoms with E-state index in [1.807, 2.05) is 17.7 Å². The Kier molecular flexibility index (Phi) is 8.75. The molecule has 44 heavy (non-hydrogen) atoms. The molecular formula is C30H33Cl2F3N6O2S. The number of hydrogen-bond donors (Lipinski definition) is 2. The Hall–Kier alpha value is -3.19. The maximum Gasteiger partial charge on any atom is 0.416 e. The van der Waals surface area contributed by atoms with Crippen LogP contribution in [0.3, 0.4) is 0 Å². The molecule has 3 aromatic carbocycles. The van der Waals surface area contributed by atoms with Gasteiger partial charge >= 0.3 is 6.18 Å². The standard InChI is InChI=1S/C30H33Cl2F3N6O2S/c1-29(2,3)44(42,43)36-18-19-5-10-22(31)24(15-19)37-28-38-25-16-23(32)26(17-27(25)39(28)4)41-13-11-40(12-14-41)21-8-6-20(7-9-21)30(33,34)35/h5-10,15-17,36H,11-14,18H2,1-4H3,(H,37,38). The smallest absolute Gasteiger partial charge is 0.368 e. The van der Waals surface area contributed by atoms with Crippen LogP contribution in [-0.4, -0.2) is 48.9 Å². The van der Waals surface area contributed by atoms with Gasteiger partial charge < -0.3 is 19.7 Å². The molecule has 0 bridgehead atoms. The summed E-state index contributed by atoms with van der Waals surface area (Å²) in [6.45, 7) is 7.54. The lowest BCUT2D eigenvalue weighted by Gasteiger charge is -2.37. The number of aryl methyl sites for hydroxylation is 1. The van der Waals surface area contributed by atoms with Gasteiger partial charge in [-0.15, -0.1) is 0 Å². The normalized spacial score (nSPS) is 14.8. The first-order valence-corrected chi connectivity index (χ1v) is 16.2. The van der Waals surface area contributed by atoms with Crippen LogP contribution in [-0.2, 0) is 29.8 Å². The summed E-state index contributed by atoms with van der Waals surface area (Å²) in [6.07, 6.45) is -4.36. The number of imidazole rings is 1. The first kappa shape index (κ1) is 32.2. The van der Waals surface area contributed by atoms with Gasteiger partial charge in [0.15, 0.2) is 0 Å². The third-order valence-electron chi connectivity index (χ3n) is 7.68. The number of aromatic nitrogens is 2. The fourth-order valence-electron chi connectivity index (χ4n) is 4.92. The lowest BCUT2D eigenvalue weighted by molar-refractivity contribution is -0.137. The van der Waals surface area contributed by atoms with Gasteiger partial charge in [0.05, 0.1) is 42.8 Å². The third kappa shape index (κ3) is 6.73. The van der Waals surface area contributed by atoms with Crippen molar-refractivity contribution in [1.82, 2.24) is 14.3 Å². The van der Waals surface area contributed by atoms with Crippen molar-refractivity contribution in [1.29, 1.82) is 0 Å². The van der Waals surface area contributed by atoms with Crippen molar-refractivity contribution in [3.63, 3.8) is 0 Å². The van der Waals surface area contributed by atoms with E-state index in [-0.39, 0.29) is 6.54 Å². The van der Waals surface area contributed by atoms with Crippen LogP contribution in [0.5, 0.6) is 0 Å². The number of sulfonamides is 1. The molecule has 8 nitrogen and oxygen atoms in total. The van der Waals surface area contributed by atoms with E-state index in [4.69, 9.17) is 28.2 Å². The molecule has 1 saturated heterocycles. The van der Waals surface area contributed by atoms with E-state index in [9.17, 15) is 21.6 Å². The van der Waals surface area contributed by atoms with E-state index in [0.29, 0.717) is 53.4 Å². The lowest BCUT2D eigenvalue weighted by atomic mass is 10.1. The zero-order valence-electron chi connectivity index (χ0n) is 24.6. The molecule has 1 aromatic heterocycles. The van der Waals surface area contributed by atoms with Crippen LogP contribution in [0.2, 0.25) is 10.0 Å². The van der Waals surface area contributed by atoms with Gasteiger partial charge in [-0.1, -0.05) is 29.3 Å². The molecule has 0 aliphatic carbocycles. The average Bonchev–Trinajstić information content (AvgIpc) is 3.25. The Morgan fingerprint density at radius 3 is 2.14 bits per heavy atom. The Balaban J connectivity index is 1.31. The second-order valence-corrected chi connectivity index (χ2v) is 15.0. The molecular weight excluding hydrogens is 636 g/mol. The summed E-state index contributed by atoms with van der Waals surface area (Å²) in [7, 11) is -1.65. The summed E-state index contributed by atoms with van der Waals surface area (Å²) in [5.41, 5.74) is 3.73. The Labute approximate surface area is 264 Å². The van der Waals surface area contributed by atoms with E-state index in [1.54, 1.807) is 45.0 Å². The van der Waals surface area contributed by atoms with Crippen molar-refractivity contribution in [2.24, 2.45) is 7.05 Å². The van der Waals surface area contributed by atoms with Gasteiger partial charge in [-0.3, -0.25) is 0 Å². The monoisotopic (exact) mass is 668 g/mol. The van der Waals surface area contributed by atoms with Gasteiger partial charge in [-0.2, -0.15) is 13.2 Å². The topological polar surface area (TPSA) is 82.5 Å². The summed E-state index contributed by atoms with van der Waals surface area (Å²) < 4.78 is 67.4. The zero-order chi connectivity index (χ0) is 32.0. The molecule has 2 N–H and O–H groups in total. The molecule has 2 heterocycles. The van der Waals surface area contributed by atoms with Crippen LogP contribution in [0.1, 0.15) is 31.9 Å². The van der Waals surface area contributed by atoms with Crippen LogP contribution >= 0.6 is 23.2 Å². The van der Waals surface area contributed by atoms with E-state index < -0.39 is 26.5 Å². The first-order chi connectivity index (χ1) is 20.5. The van der Waals surface area contributed by atoms with Crippen LogP contribution in [0.15, 0.2) is 54.6 Å². The van der Waals surface area contributed by atoms with Gasteiger partial charge in [0, 0.05) is 45.5 Å². The Bertz CT molecular complexity index is 1780. The number of nitrogens with one attached hydrogen (secondary N) is 2. The molecule has 4 aromatic rings. The summed E-state index contributed by atoms with van der Waals surface area (Å²) in [6, 6.07) is 14.3. The number of rotatable bonds is 7. The summed E-state index contributed by atoms with van der Waals surface area (Å²) in [5.74, 6) is 0.523. The van der Waals surface area contributed by atoms with Crippen molar-refractivity contribution in [3.8, 4) is 0 Å². The molecule has 1 fully saturated rings. The van der Waals surface area contributed by atoms with Crippen LogP contribution in [0, 0.1) is 0 Å². The number of piperazine rings is 1. The third-order valence-corrected chi connectivity index (χ3v) is 10.4. The Morgan fingerprint density at radius 2 is 1.52 bits per heavy atom. The fourth-order valence-corrected chi connectivity index (χ4v) is 6.15. The molecule has 0 unspecified atom stereocenters. The SMILES string of the molecule is Cn1c(Nc2cc(CNS(=O)(=O)C(C)(C)C)ccc2Cl)nc2cc(Cl)c(N3CCN(c4ccc(C(F)(F)F)cc4)CC3)cc21. The van der Waals surface area contributed by atoms with Crippen LogP contribution < -0.4 is 19.8 Å². The zero-order valence-corrected chi connectivity index (χ0v) is 27.0. The molecule has 1 aliphatic rings. The largest absolute Gasteiger partial charge is 0.416 e. The van der Waals surface area contributed by atoms with Crippen LogP contribution in [0.4, 0.5) is 36.2 Å². The quantitative estimate of drug-likeness (QED) is 0.217. The van der Waals surface area contributed by atoms with E-state index >= 15 is 0 Å². The van der Waals surface area contributed by atoms with Gasteiger partial charge in [0.25, 0.3) is 0 Å². The summed E-state index contributed by atoms with van der Waals surface area (Å²) >= 11 is 13.2. The number of anilines is 4. The first-order valence-electron chi connectivity index (χ1n) is 13.9. The minimum absolute atomic E-state index is 0.110. The van der Waals surface area contributed by atoms with Gasteiger partial charge in [0.2, 0.25) is 16.0 Å². The maximum absolute atomic E-state index is 12.9. The highest BCUT2D eigenvalue weighted by Gasteiger charge is 2.31. The molecule has 236 valence electrons. The lowest BCUT2D eigenvalue weighted by Crippen LogP contribution is -2.46. The van der Waals surface area contributed by atoms with Crippen molar-refractivity contribution >= 4 is 67.3 Å². The molecule has 0 saturated carbocycles. The summed E-state index contributed by atoms with van der Waals surface area (Å²) in [5, 5.41) is 4.25. The van der Waals surface area contributed by atoms with Crippen molar-refractivity contribution in [2.75, 3.05) is 41.3 Å².